The number of hydrogen-bond donors (Lipinski definition) is 2. The summed E-state index contributed by atoms with van der Waals surface area (Å²) in [5.41, 5.74) is 0. The van der Waals surface area contributed by atoms with Crippen molar-refractivity contribution in [2.45, 2.75) is 44.7 Å². The van der Waals surface area contributed by atoms with Crippen molar-refractivity contribution in [2.24, 2.45) is 0 Å². The third-order valence-corrected chi connectivity index (χ3v) is 5.42. The maximum absolute atomic E-state index is 12.6. The second-order valence-corrected chi connectivity index (χ2v) is 7.24. The number of amides is 3. The minimum Gasteiger partial charge on any atom is -0.352 e. The van der Waals surface area contributed by atoms with Crippen LogP contribution in [0.2, 0.25) is 0 Å². The molecule has 2 aromatic rings. The van der Waals surface area contributed by atoms with Gasteiger partial charge in [0.1, 0.15) is 0 Å². The number of carbonyl (C=O) groups excluding carboxylic acids is 2. The summed E-state index contributed by atoms with van der Waals surface area (Å²) in [4.78, 5) is 31.2. The third-order valence-electron chi connectivity index (χ3n) is 4.48. The van der Waals surface area contributed by atoms with Crippen LogP contribution in [0.1, 0.15) is 47.1 Å². The highest BCUT2D eigenvalue weighted by molar-refractivity contribution is 7.09. The van der Waals surface area contributed by atoms with Crippen molar-refractivity contribution in [3.63, 3.8) is 0 Å². The number of nitrogens with zero attached hydrogens (tertiary/aromatic N) is 3. The number of aryl methyl sites for hydroxylation is 1. The molecule has 1 saturated heterocycles. The van der Waals surface area contributed by atoms with E-state index in [4.69, 9.17) is 4.52 Å². The Morgan fingerprint density at radius 1 is 1.42 bits per heavy atom. The van der Waals surface area contributed by atoms with Crippen LogP contribution in [0.25, 0.3) is 0 Å². The molecule has 0 spiro atoms. The van der Waals surface area contributed by atoms with Gasteiger partial charge in [0, 0.05) is 24.5 Å². The van der Waals surface area contributed by atoms with Gasteiger partial charge in [-0.2, -0.15) is 4.98 Å². The van der Waals surface area contributed by atoms with Crippen molar-refractivity contribution in [1.82, 2.24) is 25.7 Å². The van der Waals surface area contributed by atoms with Gasteiger partial charge < -0.3 is 20.1 Å². The summed E-state index contributed by atoms with van der Waals surface area (Å²) in [6.45, 7) is 0.866. The number of aromatic nitrogens is 2. The second-order valence-electron chi connectivity index (χ2n) is 6.21. The Labute approximate surface area is 156 Å². The Balaban J connectivity index is 1.52. The SMILES string of the molecule is CNC(=O)c1noc(CNC(=O)N2CCCC[C@H]2CCc2cccs2)n1. The normalized spacial score (nSPS) is 17.1. The van der Waals surface area contributed by atoms with E-state index in [1.165, 1.54) is 11.9 Å². The van der Waals surface area contributed by atoms with Crippen LogP contribution in [0.5, 0.6) is 0 Å². The Hall–Kier alpha value is -2.42. The maximum Gasteiger partial charge on any atom is 0.318 e. The Kier molecular flexibility index (Phi) is 6.21. The van der Waals surface area contributed by atoms with E-state index in [-0.39, 0.29) is 30.3 Å². The van der Waals surface area contributed by atoms with Gasteiger partial charge in [0.15, 0.2) is 0 Å². The Morgan fingerprint density at radius 3 is 3.08 bits per heavy atom. The number of carbonyl (C=O) groups is 2. The number of urea groups is 1. The van der Waals surface area contributed by atoms with E-state index >= 15 is 0 Å². The molecule has 0 aromatic carbocycles. The molecule has 3 heterocycles. The van der Waals surface area contributed by atoms with E-state index in [0.717, 1.165) is 38.6 Å². The predicted molar refractivity (Wildman–Crippen MR) is 96.9 cm³/mol. The van der Waals surface area contributed by atoms with E-state index in [9.17, 15) is 9.59 Å². The summed E-state index contributed by atoms with van der Waals surface area (Å²) in [6.07, 6.45) is 5.16. The maximum atomic E-state index is 12.6. The van der Waals surface area contributed by atoms with Gasteiger partial charge in [-0.3, -0.25) is 4.79 Å². The number of thiophene rings is 1. The molecule has 3 amide bonds. The molecule has 0 unspecified atom stereocenters. The van der Waals surface area contributed by atoms with E-state index < -0.39 is 5.91 Å². The standard InChI is InChI=1S/C17H23N5O3S/c1-18-16(23)15-20-14(25-21-15)11-19-17(24)22-9-3-2-5-12(22)7-8-13-6-4-10-26-13/h4,6,10,12H,2-3,5,7-9,11H2,1H3,(H,18,23)(H,19,24)/t12-/m0/s1. The lowest BCUT2D eigenvalue weighted by Crippen LogP contribution is -2.48. The molecule has 26 heavy (non-hydrogen) atoms. The number of hydrogen-bond acceptors (Lipinski definition) is 6. The molecule has 2 N–H and O–H groups in total. The molecule has 0 saturated carbocycles. The van der Waals surface area contributed by atoms with Gasteiger partial charge in [0.25, 0.3) is 11.7 Å². The zero-order valence-corrected chi connectivity index (χ0v) is 15.6. The molecule has 3 rings (SSSR count). The average Bonchev–Trinajstić information content (AvgIpc) is 3.36. The highest BCUT2D eigenvalue weighted by Gasteiger charge is 2.26. The first-order valence-corrected chi connectivity index (χ1v) is 9.67. The zero-order valence-electron chi connectivity index (χ0n) is 14.7. The van der Waals surface area contributed by atoms with Gasteiger partial charge in [-0.1, -0.05) is 11.2 Å². The largest absolute Gasteiger partial charge is 0.352 e. The summed E-state index contributed by atoms with van der Waals surface area (Å²) in [6, 6.07) is 4.32. The van der Waals surface area contributed by atoms with Crippen LogP contribution in [0.3, 0.4) is 0 Å². The van der Waals surface area contributed by atoms with E-state index in [1.54, 1.807) is 11.3 Å². The fourth-order valence-corrected chi connectivity index (χ4v) is 3.84. The van der Waals surface area contributed by atoms with Crippen molar-refractivity contribution in [3.8, 4) is 0 Å². The fourth-order valence-electron chi connectivity index (χ4n) is 3.12. The minimum atomic E-state index is -0.420. The van der Waals surface area contributed by atoms with Crippen molar-refractivity contribution in [3.05, 3.63) is 34.1 Å². The van der Waals surface area contributed by atoms with Crippen LogP contribution in [0, 0.1) is 0 Å². The number of rotatable bonds is 6. The van der Waals surface area contributed by atoms with Gasteiger partial charge in [-0.15, -0.1) is 11.3 Å². The quantitative estimate of drug-likeness (QED) is 0.804. The van der Waals surface area contributed by atoms with Crippen molar-refractivity contribution in [2.75, 3.05) is 13.6 Å². The van der Waals surface area contributed by atoms with E-state index in [2.05, 4.69) is 38.3 Å². The molecular weight excluding hydrogens is 354 g/mol. The molecule has 0 radical (unpaired) electrons. The van der Waals surface area contributed by atoms with Crippen LogP contribution in [-0.4, -0.2) is 46.6 Å². The van der Waals surface area contributed by atoms with Gasteiger partial charge in [0.2, 0.25) is 5.89 Å². The molecule has 1 fully saturated rings. The second kappa shape index (κ2) is 8.79. The molecular formula is C17H23N5O3S. The van der Waals surface area contributed by atoms with Gasteiger partial charge in [-0.25, -0.2) is 4.79 Å². The van der Waals surface area contributed by atoms with Crippen LogP contribution in [0.15, 0.2) is 22.0 Å². The zero-order chi connectivity index (χ0) is 18.4. The van der Waals surface area contributed by atoms with Crippen LogP contribution in [-0.2, 0) is 13.0 Å². The summed E-state index contributed by atoms with van der Waals surface area (Å²) in [5.74, 6) is -0.247. The molecule has 1 aliphatic rings. The number of likely N-dealkylation sites (tertiary alicyclic amines) is 1. The molecule has 8 nitrogen and oxygen atoms in total. The summed E-state index contributed by atoms with van der Waals surface area (Å²) in [7, 11) is 1.49. The first-order valence-electron chi connectivity index (χ1n) is 8.79. The molecule has 0 bridgehead atoms. The molecule has 9 heteroatoms. The molecule has 0 aliphatic carbocycles. The Bertz CT molecular complexity index is 731. The smallest absolute Gasteiger partial charge is 0.318 e. The number of piperidine rings is 1. The number of nitrogens with one attached hydrogen (secondary N) is 2. The van der Waals surface area contributed by atoms with Crippen molar-refractivity contribution < 1.29 is 14.1 Å². The van der Waals surface area contributed by atoms with Gasteiger partial charge in [-0.05, 0) is 43.6 Å². The first-order chi connectivity index (χ1) is 12.7. The fraction of sp³-hybridized carbons (Fsp3) is 0.529. The lowest BCUT2D eigenvalue weighted by molar-refractivity contribution is 0.0949. The van der Waals surface area contributed by atoms with Crippen LogP contribution in [0.4, 0.5) is 4.79 Å². The molecule has 2 aromatic heterocycles. The van der Waals surface area contributed by atoms with Crippen molar-refractivity contribution in [1.29, 1.82) is 0 Å². The molecule has 140 valence electrons. The highest BCUT2D eigenvalue weighted by atomic mass is 32.1. The summed E-state index contributed by atoms with van der Waals surface area (Å²) in [5, 5.41) is 10.9. The van der Waals surface area contributed by atoms with Crippen molar-refractivity contribution >= 4 is 23.3 Å². The average molecular weight is 377 g/mol. The first kappa shape index (κ1) is 18.4. The van der Waals surface area contributed by atoms with Gasteiger partial charge >= 0.3 is 6.03 Å². The van der Waals surface area contributed by atoms with E-state index in [1.807, 2.05) is 4.90 Å². The molecule has 1 atom stereocenters. The minimum absolute atomic E-state index is 0.0384. The monoisotopic (exact) mass is 377 g/mol. The van der Waals surface area contributed by atoms with Crippen LogP contribution < -0.4 is 10.6 Å². The van der Waals surface area contributed by atoms with Crippen LogP contribution >= 0.6 is 11.3 Å². The van der Waals surface area contributed by atoms with Gasteiger partial charge in [0.05, 0.1) is 6.54 Å². The predicted octanol–water partition coefficient (Wildman–Crippen LogP) is 2.19. The topological polar surface area (TPSA) is 100 Å². The summed E-state index contributed by atoms with van der Waals surface area (Å²) < 4.78 is 4.99. The molecule has 1 aliphatic heterocycles. The third kappa shape index (κ3) is 4.60. The van der Waals surface area contributed by atoms with E-state index in [0.29, 0.717) is 0 Å². The lowest BCUT2D eigenvalue weighted by atomic mass is 9.98. The highest BCUT2D eigenvalue weighted by Crippen LogP contribution is 2.22. The Morgan fingerprint density at radius 2 is 2.31 bits per heavy atom. The lowest BCUT2D eigenvalue weighted by Gasteiger charge is -2.35. The summed E-state index contributed by atoms with van der Waals surface area (Å²) >= 11 is 1.76.